The Morgan fingerprint density at radius 1 is 1.21 bits per heavy atom. The SMILES string of the molecule is Cc1cccc2c(CCNC(=O)c3noc4c3CN(S(=O)(=O)c3ccc(OC(F)(F)F)cc3)CC4)c[nH]c12. The third-order valence-corrected chi connectivity index (χ3v) is 8.25. The maximum atomic E-state index is 13.1. The van der Waals surface area contributed by atoms with Gasteiger partial charge in [-0.1, -0.05) is 23.4 Å². The summed E-state index contributed by atoms with van der Waals surface area (Å²) in [4.78, 5) is 15.9. The van der Waals surface area contributed by atoms with Gasteiger partial charge in [0.05, 0.1) is 4.90 Å². The molecule has 1 amide bonds. The molecule has 3 heterocycles. The Hall–Kier alpha value is -3.84. The minimum absolute atomic E-state index is 0.00333. The van der Waals surface area contributed by atoms with Gasteiger partial charge in [-0.25, -0.2) is 8.42 Å². The molecule has 4 aromatic rings. The number of alkyl halides is 3. The molecule has 0 saturated carbocycles. The number of para-hydroxylation sites is 1. The van der Waals surface area contributed by atoms with Crippen LogP contribution < -0.4 is 10.1 Å². The number of halogens is 3. The highest BCUT2D eigenvalue weighted by Crippen LogP contribution is 2.29. The van der Waals surface area contributed by atoms with E-state index in [4.69, 9.17) is 4.52 Å². The first-order valence-electron chi connectivity index (χ1n) is 11.7. The first-order chi connectivity index (χ1) is 18.0. The summed E-state index contributed by atoms with van der Waals surface area (Å²) in [5.74, 6) is -0.598. The van der Waals surface area contributed by atoms with Gasteiger partial charge in [-0.05, 0) is 48.7 Å². The molecule has 0 saturated heterocycles. The zero-order valence-electron chi connectivity index (χ0n) is 20.1. The van der Waals surface area contributed by atoms with Crippen molar-refractivity contribution < 1.29 is 35.6 Å². The number of nitrogens with one attached hydrogen (secondary N) is 2. The van der Waals surface area contributed by atoms with Gasteiger partial charge < -0.3 is 19.6 Å². The fraction of sp³-hybridized carbons (Fsp3) is 0.280. The van der Waals surface area contributed by atoms with E-state index >= 15 is 0 Å². The largest absolute Gasteiger partial charge is 0.573 e. The highest BCUT2D eigenvalue weighted by molar-refractivity contribution is 7.89. The summed E-state index contributed by atoms with van der Waals surface area (Å²) in [5, 5.41) is 7.77. The molecule has 9 nitrogen and oxygen atoms in total. The van der Waals surface area contributed by atoms with E-state index < -0.39 is 28.0 Å². The summed E-state index contributed by atoms with van der Waals surface area (Å²) in [6, 6.07) is 9.94. The Labute approximate surface area is 215 Å². The minimum Gasteiger partial charge on any atom is -0.406 e. The number of carbonyl (C=O) groups excluding carboxylic acids is 1. The number of rotatable bonds is 7. The predicted octanol–water partition coefficient (Wildman–Crippen LogP) is 4.08. The molecule has 2 N–H and O–H groups in total. The third-order valence-electron chi connectivity index (χ3n) is 6.39. The molecule has 13 heteroatoms. The van der Waals surface area contributed by atoms with E-state index in [1.54, 1.807) is 0 Å². The van der Waals surface area contributed by atoms with Crippen molar-refractivity contribution in [1.29, 1.82) is 0 Å². The van der Waals surface area contributed by atoms with E-state index in [0.29, 0.717) is 24.3 Å². The molecule has 0 spiro atoms. The summed E-state index contributed by atoms with van der Waals surface area (Å²) in [7, 11) is -4.06. The summed E-state index contributed by atoms with van der Waals surface area (Å²) >= 11 is 0. The average molecular weight is 549 g/mol. The lowest BCUT2D eigenvalue weighted by Crippen LogP contribution is -2.37. The van der Waals surface area contributed by atoms with Gasteiger partial charge in [0, 0.05) is 48.7 Å². The molecule has 5 rings (SSSR count). The first kappa shape index (κ1) is 25.8. The Morgan fingerprint density at radius 2 is 1.97 bits per heavy atom. The van der Waals surface area contributed by atoms with E-state index in [1.807, 2.05) is 31.3 Å². The van der Waals surface area contributed by atoms with Gasteiger partial charge in [0.15, 0.2) is 5.69 Å². The fourth-order valence-corrected chi connectivity index (χ4v) is 5.90. The topological polar surface area (TPSA) is 118 Å². The number of amides is 1. The number of sulfonamides is 1. The van der Waals surface area contributed by atoms with Gasteiger partial charge in [0.1, 0.15) is 11.5 Å². The van der Waals surface area contributed by atoms with Crippen LogP contribution in [0.1, 0.15) is 32.9 Å². The maximum absolute atomic E-state index is 13.1. The number of ether oxygens (including phenoxy) is 1. The molecule has 0 unspecified atom stereocenters. The Morgan fingerprint density at radius 3 is 2.71 bits per heavy atom. The van der Waals surface area contributed by atoms with Crippen molar-refractivity contribution in [1.82, 2.24) is 19.8 Å². The van der Waals surface area contributed by atoms with E-state index in [9.17, 15) is 26.4 Å². The number of nitrogens with zero attached hydrogens (tertiary/aromatic N) is 2. The second-order valence-corrected chi connectivity index (χ2v) is 10.8. The molecular weight excluding hydrogens is 525 g/mol. The standard InChI is InChI=1S/C25H23F3N4O5S/c1-15-3-2-4-19-16(13-30-22(15)19)9-11-29-24(33)23-20-14-32(12-10-21(20)37-31-23)38(34,35)18-7-5-17(6-8-18)36-25(26,27)28/h2-8,13,30H,9-12,14H2,1H3,(H,29,33). The van der Waals surface area contributed by atoms with Crippen LogP contribution >= 0.6 is 0 Å². The van der Waals surface area contributed by atoms with Gasteiger partial charge in [0.25, 0.3) is 5.91 Å². The Bertz CT molecular complexity index is 1590. The monoisotopic (exact) mass is 548 g/mol. The third kappa shape index (κ3) is 5.11. The molecule has 1 aliphatic heterocycles. The van der Waals surface area contributed by atoms with E-state index in [1.165, 1.54) is 0 Å². The molecule has 200 valence electrons. The Balaban J connectivity index is 1.26. The number of carbonyl (C=O) groups is 1. The van der Waals surface area contributed by atoms with Crippen LogP contribution in [0.2, 0.25) is 0 Å². The molecule has 0 radical (unpaired) electrons. The fourth-order valence-electron chi connectivity index (χ4n) is 4.50. The van der Waals surface area contributed by atoms with Crippen molar-refractivity contribution in [3.05, 3.63) is 76.8 Å². The van der Waals surface area contributed by atoms with Crippen molar-refractivity contribution in [2.45, 2.75) is 37.6 Å². The second kappa shape index (κ2) is 9.80. The van der Waals surface area contributed by atoms with Crippen LogP contribution in [0, 0.1) is 6.92 Å². The summed E-state index contributed by atoms with van der Waals surface area (Å²) < 4.78 is 73.7. The maximum Gasteiger partial charge on any atom is 0.573 e. The van der Waals surface area contributed by atoms with Crippen molar-refractivity contribution in [2.24, 2.45) is 0 Å². The summed E-state index contributed by atoms with van der Waals surface area (Å²) in [6.45, 7) is 2.24. The summed E-state index contributed by atoms with van der Waals surface area (Å²) in [5.41, 5.74) is 3.58. The molecule has 0 aliphatic carbocycles. The van der Waals surface area contributed by atoms with Gasteiger partial charge in [0.2, 0.25) is 10.0 Å². The van der Waals surface area contributed by atoms with Crippen LogP contribution in [0.3, 0.4) is 0 Å². The van der Waals surface area contributed by atoms with Crippen LogP contribution in [-0.2, 0) is 29.4 Å². The number of aryl methyl sites for hydroxylation is 1. The number of hydrogen-bond donors (Lipinski definition) is 2. The van der Waals surface area contributed by atoms with Crippen LogP contribution in [0.25, 0.3) is 10.9 Å². The number of aromatic amines is 1. The highest BCUT2D eigenvalue weighted by atomic mass is 32.2. The first-order valence-corrected chi connectivity index (χ1v) is 13.1. The van der Waals surface area contributed by atoms with Gasteiger partial charge >= 0.3 is 6.36 Å². The molecule has 0 bridgehead atoms. The zero-order chi connectivity index (χ0) is 27.1. The summed E-state index contributed by atoms with van der Waals surface area (Å²) in [6.07, 6.45) is -2.21. The van der Waals surface area contributed by atoms with Crippen LogP contribution in [0.4, 0.5) is 13.2 Å². The molecule has 2 aromatic heterocycles. The number of benzene rings is 2. The quantitative estimate of drug-likeness (QED) is 0.360. The van der Waals surface area contributed by atoms with Gasteiger partial charge in [-0.2, -0.15) is 4.31 Å². The molecular formula is C25H23F3N4O5S. The van der Waals surface area contributed by atoms with Crippen molar-refractivity contribution in [2.75, 3.05) is 13.1 Å². The normalized spacial score (nSPS) is 14.4. The minimum atomic E-state index is -4.89. The highest BCUT2D eigenvalue weighted by Gasteiger charge is 2.35. The number of aromatic nitrogens is 2. The van der Waals surface area contributed by atoms with Crippen LogP contribution in [0.5, 0.6) is 5.75 Å². The van der Waals surface area contributed by atoms with E-state index in [2.05, 4.69) is 20.2 Å². The molecule has 2 aromatic carbocycles. The smallest absolute Gasteiger partial charge is 0.406 e. The number of H-pyrrole nitrogens is 1. The zero-order valence-corrected chi connectivity index (χ0v) is 20.9. The van der Waals surface area contributed by atoms with Crippen molar-refractivity contribution in [3.63, 3.8) is 0 Å². The molecule has 0 atom stereocenters. The number of hydrogen-bond acceptors (Lipinski definition) is 6. The van der Waals surface area contributed by atoms with Crippen LogP contribution in [0.15, 0.2) is 58.1 Å². The molecule has 1 aliphatic rings. The van der Waals surface area contributed by atoms with Gasteiger partial charge in [-0.15, -0.1) is 13.2 Å². The number of fused-ring (bicyclic) bond motifs is 2. The molecule has 0 fully saturated rings. The predicted molar refractivity (Wildman–Crippen MR) is 130 cm³/mol. The van der Waals surface area contributed by atoms with Crippen molar-refractivity contribution in [3.8, 4) is 5.75 Å². The lowest BCUT2D eigenvalue weighted by Gasteiger charge is -2.25. The lowest BCUT2D eigenvalue weighted by atomic mass is 10.1. The van der Waals surface area contributed by atoms with E-state index in [0.717, 1.165) is 50.6 Å². The van der Waals surface area contributed by atoms with Crippen molar-refractivity contribution >= 4 is 26.8 Å². The van der Waals surface area contributed by atoms with E-state index in [-0.39, 0.29) is 30.1 Å². The van der Waals surface area contributed by atoms with Crippen LogP contribution in [-0.4, -0.2) is 48.2 Å². The molecule has 38 heavy (non-hydrogen) atoms. The van der Waals surface area contributed by atoms with Gasteiger partial charge in [-0.3, -0.25) is 4.79 Å². The lowest BCUT2D eigenvalue weighted by molar-refractivity contribution is -0.274. The average Bonchev–Trinajstić information content (AvgIpc) is 3.48. The second-order valence-electron chi connectivity index (χ2n) is 8.86. The Kier molecular flexibility index (Phi) is 6.65.